The van der Waals surface area contributed by atoms with Crippen molar-refractivity contribution >= 4 is 23.3 Å². The standard InChI is InChI=1S/C10H13ClN4O2/c11-8-5-7(6-13-9(8)12)10(16)14-15-1-3-17-4-2-15/h5-6H,1-4H2,(H2,12,13)(H,14,16). The third-order valence-corrected chi connectivity index (χ3v) is 2.71. The van der Waals surface area contributed by atoms with Crippen LogP contribution in [0.4, 0.5) is 5.82 Å². The van der Waals surface area contributed by atoms with Gasteiger partial charge in [-0.05, 0) is 6.07 Å². The Kier molecular flexibility index (Phi) is 3.78. The van der Waals surface area contributed by atoms with Crippen LogP contribution in [0.1, 0.15) is 10.4 Å². The Morgan fingerprint density at radius 3 is 2.88 bits per heavy atom. The number of nitrogens with one attached hydrogen (secondary N) is 1. The number of hydrogen-bond donors (Lipinski definition) is 2. The fourth-order valence-electron chi connectivity index (χ4n) is 1.46. The molecule has 0 radical (unpaired) electrons. The second-order valence-electron chi connectivity index (χ2n) is 3.63. The lowest BCUT2D eigenvalue weighted by Gasteiger charge is -2.26. The highest BCUT2D eigenvalue weighted by Gasteiger charge is 2.15. The van der Waals surface area contributed by atoms with Gasteiger partial charge in [0.25, 0.3) is 5.91 Å². The number of nitrogens with zero attached hydrogens (tertiary/aromatic N) is 2. The molecule has 2 heterocycles. The zero-order valence-corrected chi connectivity index (χ0v) is 9.91. The monoisotopic (exact) mass is 256 g/mol. The van der Waals surface area contributed by atoms with Gasteiger partial charge in [-0.1, -0.05) is 11.6 Å². The molecule has 1 aromatic heterocycles. The van der Waals surface area contributed by atoms with Crippen LogP contribution in [0.2, 0.25) is 5.02 Å². The fourth-order valence-corrected chi connectivity index (χ4v) is 1.62. The predicted octanol–water partition coefficient (Wildman–Crippen LogP) is 0.294. The molecular formula is C10H13ClN4O2. The smallest absolute Gasteiger partial charge is 0.267 e. The summed E-state index contributed by atoms with van der Waals surface area (Å²) in [5.74, 6) is -0.0316. The van der Waals surface area contributed by atoms with E-state index in [1.54, 1.807) is 5.01 Å². The van der Waals surface area contributed by atoms with Crippen molar-refractivity contribution in [2.45, 2.75) is 0 Å². The number of anilines is 1. The second-order valence-corrected chi connectivity index (χ2v) is 4.04. The topological polar surface area (TPSA) is 80.5 Å². The quantitative estimate of drug-likeness (QED) is 0.795. The fraction of sp³-hybridized carbons (Fsp3) is 0.400. The van der Waals surface area contributed by atoms with E-state index in [4.69, 9.17) is 22.1 Å². The van der Waals surface area contributed by atoms with Crippen molar-refractivity contribution in [1.29, 1.82) is 0 Å². The van der Waals surface area contributed by atoms with Gasteiger partial charge in [0, 0.05) is 19.3 Å². The van der Waals surface area contributed by atoms with Crippen molar-refractivity contribution in [3.05, 3.63) is 22.8 Å². The molecule has 0 saturated carbocycles. The molecule has 1 saturated heterocycles. The van der Waals surface area contributed by atoms with Crippen LogP contribution < -0.4 is 11.2 Å². The van der Waals surface area contributed by atoms with Crippen LogP contribution >= 0.6 is 11.6 Å². The minimum absolute atomic E-state index is 0.217. The third-order valence-electron chi connectivity index (χ3n) is 2.40. The molecule has 1 amide bonds. The molecule has 92 valence electrons. The molecular weight excluding hydrogens is 244 g/mol. The minimum atomic E-state index is -0.249. The van der Waals surface area contributed by atoms with Crippen molar-refractivity contribution < 1.29 is 9.53 Å². The number of carbonyl (C=O) groups excluding carboxylic acids is 1. The molecule has 0 spiro atoms. The molecule has 0 unspecified atom stereocenters. The second kappa shape index (κ2) is 5.31. The van der Waals surface area contributed by atoms with E-state index < -0.39 is 0 Å². The van der Waals surface area contributed by atoms with Crippen LogP contribution in [0.15, 0.2) is 12.3 Å². The lowest BCUT2D eigenvalue weighted by molar-refractivity contribution is 0.0126. The van der Waals surface area contributed by atoms with Crippen molar-refractivity contribution in [3.8, 4) is 0 Å². The van der Waals surface area contributed by atoms with Gasteiger partial charge in [-0.2, -0.15) is 0 Å². The van der Waals surface area contributed by atoms with E-state index in [1.165, 1.54) is 12.3 Å². The van der Waals surface area contributed by atoms with Crippen LogP contribution in [-0.2, 0) is 4.74 Å². The molecule has 0 aromatic carbocycles. The van der Waals surface area contributed by atoms with Crippen LogP contribution in [0.5, 0.6) is 0 Å². The first kappa shape index (κ1) is 12.1. The molecule has 3 N–H and O–H groups in total. The van der Waals surface area contributed by atoms with Crippen LogP contribution in [0.3, 0.4) is 0 Å². The van der Waals surface area contributed by atoms with Gasteiger partial charge in [-0.15, -0.1) is 0 Å². The summed E-state index contributed by atoms with van der Waals surface area (Å²) in [6, 6.07) is 1.50. The van der Waals surface area contributed by atoms with E-state index in [2.05, 4.69) is 10.4 Å². The van der Waals surface area contributed by atoms with E-state index in [-0.39, 0.29) is 16.7 Å². The summed E-state index contributed by atoms with van der Waals surface area (Å²) in [5, 5.41) is 2.08. The van der Waals surface area contributed by atoms with Gasteiger partial charge in [0.05, 0.1) is 23.8 Å². The number of pyridine rings is 1. The number of halogens is 1. The number of rotatable bonds is 2. The maximum atomic E-state index is 11.8. The van der Waals surface area contributed by atoms with Crippen LogP contribution in [0, 0.1) is 0 Å². The zero-order chi connectivity index (χ0) is 12.3. The molecule has 0 atom stereocenters. The molecule has 6 nitrogen and oxygen atoms in total. The first-order valence-corrected chi connectivity index (χ1v) is 5.59. The summed E-state index contributed by atoms with van der Waals surface area (Å²) in [6.07, 6.45) is 1.40. The number of hydrazine groups is 1. The van der Waals surface area contributed by atoms with Crippen molar-refractivity contribution in [2.24, 2.45) is 0 Å². The van der Waals surface area contributed by atoms with E-state index in [0.717, 1.165) is 0 Å². The Balaban J connectivity index is 2.01. The molecule has 1 aliphatic rings. The molecule has 2 rings (SSSR count). The highest BCUT2D eigenvalue weighted by molar-refractivity contribution is 6.33. The number of carbonyl (C=O) groups is 1. The third kappa shape index (κ3) is 3.06. The Morgan fingerprint density at radius 2 is 2.24 bits per heavy atom. The number of nitrogens with two attached hydrogens (primary N) is 1. The Morgan fingerprint density at radius 1 is 1.53 bits per heavy atom. The molecule has 7 heteroatoms. The maximum absolute atomic E-state index is 11.8. The molecule has 0 aliphatic carbocycles. The van der Waals surface area contributed by atoms with E-state index in [9.17, 15) is 4.79 Å². The summed E-state index contributed by atoms with van der Waals surface area (Å²) in [6.45, 7) is 2.56. The number of hydrogen-bond acceptors (Lipinski definition) is 5. The first-order chi connectivity index (χ1) is 8.16. The van der Waals surface area contributed by atoms with Gasteiger partial charge in [-0.25, -0.2) is 9.99 Å². The number of aromatic nitrogens is 1. The Hall–Kier alpha value is -1.37. The van der Waals surface area contributed by atoms with Crippen LogP contribution in [-0.4, -0.2) is 42.2 Å². The summed E-state index contributed by atoms with van der Waals surface area (Å²) in [4.78, 5) is 15.7. The molecule has 0 bridgehead atoms. The Labute approximate surface area is 104 Å². The zero-order valence-electron chi connectivity index (χ0n) is 9.15. The summed E-state index contributed by atoms with van der Waals surface area (Å²) in [5.41, 5.74) is 8.61. The molecule has 1 fully saturated rings. The normalized spacial score (nSPS) is 16.8. The average Bonchev–Trinajstić information content (AvgIpc) is 2.34. The van der Waals surface area contributed by atoms with Crippen molar-refractivity contribution in [3.63, 3.8) is 0 Å². The average molecular weight is 257 g/mol. The summed E-state index contributed by atoms with van der Waals surface area (Å²) >= 11 is 5.80. The van der Waals surface area contributed by atoms with Crippen LogP contribution in [0.25, 0.3) is 0 Å². The first-order valence-electron chi connectivity index (χ1n) is 5.21. The lowest BCUT2D eigenvalue weighted by atomic mass is 10.2. The molecule has 1 aliphatic heterocycles. The lowest BCUT2D eigenvalue weighted by Crippen LogP contribution is -2.48. The van der Waals surface area contributed by atoms with Gasteiger partial charge in [0.2, 0.25) is 0 Å². The SMILES string of the molecule is Nc1ncc(C(=O)NN2CCOCC2)cc1Cl. The van der Waals surface area contributed by atoms with E-state index >= 15 is 0 Å². The van der Waals surface area contributed by atoms with Gasteiger partial charge in [-0.3, -0.25) is 10.2 Å². The van der Waals surface area contributed by atoms with Gasteiger partial charge in [0.15, 0.2) is 0 Å². The summed E-state index contributed by atoms with van der Waals surface area (Å²) in [7, 11) is 0. The van der Waals surface area contributed by atoms with E-state index in [1.807, 2.05) is 0 Å². The Bertz CT molecular complexity index is 421. The number of ether oxygens (including phenoxy) is 1. The number of amides is 1. The highest BCUT2D eigenvalue weighted by Crippen LogP contribution is 2.16. The highest BCUT2D eigenvalue weighted by atomic mass is 35.5. The van der Waals surface area contributed by atoms with Gasteiger partial charge >= 0.3 is 0 Å². The minimum Gasteiger partial charge on any atom is -0.382 e. The van der Waals surface area contributed by atoms with Crippen molar-refractivity contribution in [1.82, 2.24) is 15.4 Å². The van der Waals surface area contributed by atoms with Gasteiger partial charge in [0.1, 0.15) is 5.82 Å². The van der Waals surface area contributed by atoms with E-state index in [0.29, 0.717) is 31.9 Å². The van der Waals surface area contributed by atoms with Gasteiger partial charge < -0.3 is 10.5 Å². The maximum Gasteiger partial charge on any atom is 0.267 e. The van der Waals surface area contributed by atoms with Crippen molar-refractivity contribution in [2.75, 3.05) is 32.0 Å². The summed E-state index contributed by atoms with van der Waals surface area (Å²) < 4.78 is 5.18. The molecule has 17 heavy (non-hydrogen) atoms. The largest absolute Gasteiger partial charge is 0.382 e. The molecule has 1 aromatic rings. The number of nitrogen functional groups attached to an aromatic ring is 1. The number of morpholine rings is 1. The predicted molar refractivity (Wildman–Crippen MR) is 63.5 cm³/mol.